The molecule has 0 aliphatic carbocycles. The van der Waals surface area contributed by atoms with Gasteiger partial charge in [0.25, 0.3) is 5.91 Å². The number of imidazole rings is 1. The molecule has 1 aromatic carbocycles. The summed E-state index contributed by atoms with van der Waals surface area (Å²) >= 11 is 6.17. The zero-order valence-corrected chi connectivity index (χ0v) is 13.1. The van der Waals surface area contributed by atoms with Crippen LogP contribution in [-0.4, -0.2) is 22.5 Å². The van der Waals surface area contributed by atoms with E-state index in [9.17, 15) is 4.79 Å². The monoisotopic (exact) mass is 306 g/mol. The van der Waals surface area contributed by atoms with Crippen molar-refractivity contribution in [3.63, 3.8) is 0 Å². The van der Waals surface area contributed by atoms with Crippen molar-refractivity contribution in [1.29, 1.82) is 0 Å². The van der Waals surface area contributed by atoms with E-state index in [1.807, 2.05) is 12.5 Å². The first-order valence-electron chi connectivity index (χ1n) is 6.79. The maximum atomic E-state index is 11.7. The summed E-state index contributed by atoms with van der Waals surface area (Å²) in [6.45, 7) is 4.80. The fraction of sp³-hybridized carbons (Fsp3) is 0.333. The Hall–Kier alpha value is -2.01. The van der Waals surface area contributed by atoms with Crippen LogP contribution in [0.5, 0.6) is 0 Å². The summed E-state index contributed by atoms with van der Waals surface area (Å²) in [6, 6.07) is 5.51. The van der Waals surface area contributed by atoms with E-state index in [1.165, 1.54) is 0 Å². The zero-order valence-electron chi connectivity index (χ0n) is 12.4. The third-order valence-corrected chi connectivity index (χ3v) is 3.55. The molecule has 0 spiro atoms. The van der Waals surface area contributed by atoms with Gasteiger partial charge < -0.3 is 15.2 Å². The molecule has 0 atom stereocenters. The number of anilines is 1. The number of nitrogens with zero attached hydrogens (tertiary/aromatic N) is 2. The summed E-state index contributed by atoms with van der Waals surface area (Å²) in [5.41, 5.74) is 2.36. The lowest BCUT2D eigenvalue weighted by molar-refractivity contribution is 0.0963. The van der Waals surface area contributed by atoms with E-state index in [1.54, 1.807) is 25.2 Å². The Morgan fingerprint density at radius 2 is 2.19 bits per heavy atom. The molecule has 5 nitrogen and oxygen atoms in total. The average molecular weight is 307 g/mol. The van der Waals surface area contributed by atoms with Gasteiger partial charge in [-0.25, -0.2) is 4.98 Å². The maximum Gasteiger partial charge on any atom is 0.251 e. The predicted octanol–water partition coefficient (Wildman–Crippen LogP) is 3.09. The summed E-state index contributed by atoms with van der Waals surface area (Å²) in [4.78, 5) is 15.8. The van der Waals surface area contributed by atoms with Gasteiger partial charge >= 0.3 is 0 Å². The van der Waals surface area contributed by atoms with Crippen LogP contribution in [-0.2, 0) is 6.54 Å². The summed E-state index contributed by atoms with van der Waals surface area (Å²) < 4.78 is 2.09. The Bertz CT molecular complexity index is 636. The molecule has 0 saturated heterocycles. The van der Waals surface area contributed by atoms with Gasteiger partial charge in [0, 0.05) is 24.8 Å². The second-order valence-electron chi connectivity index (χ2n) is 5.01. The fourth-order valence-corrected chi connectivity index (χ4v) is 2.25. The van der Waals surface area contributed by atoms with Crippen LogP contribution >= 0.6 is 11.6 Å². The highest BCUT2D eigenvalue weighted by Crippen LogP contribution is 2.24. The van der Waals surface area contributed by atoms with Crippen LogP contribution in [0.2, 0.25) is 5.02 Å². The molecule has 0 fully saturated rings. The number of halogens is 1. The smallest absolute Gasteiger partial charge is 0.251 e. The summed E-state index contributed by atoms with van der Waals surface area (Å²) in [5, 5.41) is 6.44. The van der Waals surface area contributed by atoms with E-state index in [0.29, 0.717) is 23.2 Å². The van der Waals surface area contributed by atoms with Gasteiger partial charge in [-0.05, 0) is 32.0 Å². The van der Waals surface area contributed by atoms with Crippen molar-refractivity contribution < 1.29 is 4.79 Å². The third-order valence-electron chi connectivity index (χ3n) is 3.22. The number of nitrogens with one attached hydrogen (secondary N) is 2. The van der Waals surface area contributed by atoms with E-state index in [2.05, 4.69) is 34.0 Å². The number of carbonyl (C=O) groups is 1. The van der Waals surface area contributed by atoms with Crippen molar-refractivity contribution in [3.05, 3.63) is 47.0 Å². The molecule has 0 aliphatic rings. The van der Waals surface area contributed by atoms with E-state index in [0.717, 1.165) is 11.4 Å². The van der Waals surface area contributed by atoms with Crippen molar-refractivity contribution >= 4 is 23.2 Å². The van der Waals surface area contributed by atoms with Crippen LogP contribution in [0, 0.1) is 0 Å². The van der Waals surface area contributed by atoms with E-state index in [4.69, 9.17) is 11.6 Å². The highest BCUT2D eigenvalue weighted by Gasteiger charge is 2.09. The largest absolute Gasteiger partial charge is 0.378 e. The molecule has 1 aromatic heterocycles. The molecule has 0 bridgehead atoms. The molecular weight excluding hydrogens is 288 g/mol. The standard InChI is InChI=1S/C15H19ClN4O/c1-10(2)20-9-18-7-12(20)8-19-14-6-11(15(21)17-3)4-5-13(14)16/h4-7,9-10,19H,8H2,1-3H3,(H,17,21). The molecule has 0 unspecified atom stereocenters. The zero-order chi connectivity index (χ0) is 15.4. The molecule has 6 heteroatoms. The number of aromatic nitrogens is 2. The number of hydrogen-bond acceptors (Lipinski definition) is 3. The first-order valence-corrected chi connectivity index (χ1v) is 7.17. The average Bonchev–Trinajstić information content (AvgIpc) is 2.94. The lowest BCUT2D eigenvalue weighted by Gasteiger charge is -2.14. The summed E-state index contributed by atoms with van der Waals surface area (Å²) in [5.74, 6) is -0.137. The van der Waals surface area contributed by atoms with Gasteiger partial charge in [0.15, 0.2) is 0 Å². The highest BCUT2D eigenvalue weighted by molar-refractivity contribution is 6.33. The van der Waals surface area contributed by atoms with Gasteiger partial charge in [0.2, 0.25) is 0 Å². The molecule has 0 radical (unpaired) electrons. The minimum absolute atomic E-state index is 0.137. The van der Waals surface area contributed by atoms with Gasteiger partial charge in [-0.2, -0.15) is 0 Å². The lowest BCUT2D eigenvalue weighted by atomic mass is 10.2. The summed E-state index contributed by atoms with van der Waals surface area (Å²) in [7, 11) is 1.60. The van der Waals surface area contributed by atoms with Crippen molar-refractivity contribution in [2.75, 3.05) is 12.4 Å². The highest BCUT2D eigenvalue weighted by atomic mass is 35.5. The number of benzene rings is 1. The summed E-state index contributed by atoms with van der Waals surface area (Å²) in [6.07, 6.45) is 3.63. The van der Waals surface area contributed by atoms with Crippen LogP contribution in [0.4, 0.5) is 5.69 Å². The van der Waals surface area contributed by atoms with Crippen LogP contribution in [0.3, 0.4) is 0 Å². The van der Waals surface area contributed by atoms with E-state index >= 15 is 0 Å². The SMILES string of the molecule is CNC(=O)c1ccc(Cl)c(NCc2cncn2C(C)C)c1. The lowest BCUT2D eigenvalue weighted by Crippen LogP contribution is -2.18. The van der Waals surface area contributed by atoms with Gasteiger partial charge in [0.1, 0.15) is 0 Å². The Kier molecular flexibility index (Phi) is 4.85. The molecule has 1 heterocycles. The van der Waals surface area contributed by atoms with Gasteiger partial charge in [-0.1, -0.05) is 11.6 Å². The third kappa shape index (κ3) is 3.55. The number of carbonyl (C=O) groups excluding carboxylic acids is 1. The Morgan fingerprint density at radius 3 is 2.86 bits per heavy atom. The Balaban J connectivity index is 2.16. The maximum absolute atomic E-state index is 11.7. The molecule has 2 aromatic rings. The quantitative estimate of drug-likeness (QED) is 0.892. The first kappa shape index (κ1) is 15.4. The molecule has 2 N–H and O–H groups in total. The molecule has 0 saturated carbocycles. The molecule has 1 amide bonds. The number of amides is 1. The fourth-order valence-electron chi connectivity index (χ4n) is 2.07. The van der Waals surface area contributed by atoms with Crippen LogP contribution in [0.25, 0.3) is 0 Å². The van der Waals surface area contributed by atoms with Crippen molar-refractivity contribution in [2.45, 2.75) is 26.4 Å². The van der Waals surface area contributed by atoms with Crippen LogP contribution in [0.1, 0.15) is 35.9 Å². The second kappa shape index (κ2) is 6.63. The second-order valence-corrected chi connectivity index (χ2v) is 5.42. The minimum atomic E-state index is -0.137. The van der Waals surface area contributed by atoms with E-state index in [-0.39, 0.29) is 5.91 Å². The van der Waals surface area contributed by atoms with Gasteiger partial charge in [-0.3, -0.25) is 4.79 Å². The van der Waals surface area contributed by atoms with Crippen LogP contribution < -0.4 is 10.6 Å². The predicted molar refractivity (Wildman–Crippen MR) is 84.8 cm³/mol. The topological polar surface area (TPSA) is 59.0 Å². The van der Waals surface area contributed by atoms with Gasteiger partial charge in [0.05, 0.1) is 29.3 Å². The first-order chi connectivity index (χ1) is 10.0. The normalized spacial score (nSPS) is 10.7. The molecular formula is C15H19ClN4O. The van der Waals surface area contributed by atoms with Crippen LogP contribution in [0.15, 0.2) is 30.7 Å². The number of hydrogen-bond donors (Lipinski definition) is 2. The van der Waals surface area contributed by atoms with Crippen molar-refractivity contribution in [3.8, 4) is 0 Å². The molecule has 2 rings (SSSR count). The Morgan fingerprint density at radius 1 is 1.43 bits per heavy atom. The number of rotatable bonds is 5. The minimum Gasteiger partial charge on any atom is -0.378 e. The molecule has 0 aliphatic heterocycles. The van der Waals surface area contributed by atoms with Crippen molar-refractivity contribution in [1.82, 2.24) is 14.9 Å². The molecule has 112 valence electrons. The van der Waals surface area contributed by atoms with E-state index < -0.39 is 0 Å². The Labute approximate surface area is 129 Å². The van der Waals surface area contributed by atoms with Gasteiger partial charge in [-0.15, -0.1) is 0 Å². The van der Waals surface area contributed by atoms with Crippen molar-refractivity contribution in [2.24, 2.45) is 0 Å². The molecule has 21 heavy (non-hydrogen) atoms.